The molecule has 0 saturated heterocycles. The SMILES string of the molecule is CC(C)(C)P(n1ccnc1[P+](C)(C(C)(C)C)C(C)(C)C)C(C)(C)C. The van der Waals surface area contributed by atoms with Crippen molar-refractivity contribution < 1.29 is 0 Å². The van der Waals surface area contributed by atoms with E-state index in [9.17, 15) is 0 Å². The normalized spacial score (nSPS) is 15.2. The van der Waals surface area contributed by atoms with E-state index in [0.717, 1.165) is 0 Å². The van der Waals surface area contributed by atoms with Crippen LogP contribution in [0.25, 0.3) is 0 Å². The molecule has 0 amide bonds. The second-order valence-corrected chi connectivity index (χ2v) is 19.9. The zero-order valence-electron chi connectivity index (χ0n) is 18.4. The summed E-state index contributed by atoms with van der Waals surface area (Å²) in [5.41, 5.74) is 1.36. The largest absolute Gasteiger partial charge is 0.280 e. The fourth-order valence-electron chi connectivity index (χ4n) is 4.02. The lowest BCUT2D eigenvalue weighted by Crippen LogP contribution is -2.44. The number of aromatic nitrogens is 2. The smallest absolute Gasteiger partial charge is 0.261 e. The lowest BCUT2D eigenvalue weighted by molar-refractivity contribution is 0.685. The van der Waals surface area contributed by atoms with Crippen LogP contribution in [-0.4, -0.2) is 36.6 Å². The van der Waals surface area contributed by atoms with Crippen LogP contribution in [0.1, 0.15) is 83.1 Å². The highest BCUT2D eigenvalue weighted by atomic mass is 31.2. The second kappa shape index (κ2) is 6.35. The van der Waals surface area contributed by atoms with E-state index in [-0.39, 0.29) is 20.6 Å². The topological polar surface area (TPSA) is 17.8 Å². The molecule has 1 aromatic rings. The summed E-state index contributed by atoms with van der Waals surface area (Å²) in [5, 5.41) is 0.934. The summed E-state index contributed by atoms with van der Waals surface area (Å²) in [6, 6.07) is 0. The van der Waals surface area contributed by atoms with Crippen molar-refractivity contribution in [2.24, 2.45) is 0 Å². The minimum Gasteiger partial charge on any atom is -0.280 e. The molecular weight excluding hydrogens is 330 g/mol. The first-order valence-electron chi connectivity index (χ1n) is 9.06. The molecule has 0 aliphatic rings. The van der Waals surface area contributed by atoms with E-state index in [2.05, 4.69) is 100 Å². The van der Waals surface area contributed by atoms with Gasteiger partial charge in [0.05, 0.1) is 24.2 Å². The number of imidazole rings is 1. The first kappa shape index (κ1) is 22.1. The Balaban J connectivity index is 3.75. The third-order valence-corrected chi connectivity index (χ3v) is 15.1. The van der Waals surface area contributed by atoms with Gasteiger partial charge >= 0.3 is 0 Å². The lowest BCUT2D eigenvalue weighted by atomic mass is 10.2. The Morgan fingerprint density at radius 2 is 1.17 bits per heavy atom. The fourth-order valence-corrected chi connectivity index (χ4v) is 12.5. The number of hydrogen-bond donors (Lipinski definition) is 0. The fraction of sp³-hybridized carbons (Fsp3) is 0.850. The molecule has 2 nitrogen and oxygen atoms in total. The van der Waals surface area contributed by atoms with Crippen LogP contribution in [0.15, 0.2) is 12.4 Å². The molecule has 24 heavy (non-hydrogen) atoms. The molecular formula is C20H41N2P2+. The monoisotopic (exact) mass is 371 g/mol. The highest BCUT2D eigenvalue weighted by Crippen LogP contribution is 2.74. The molecule has 140 valence electrons. The number of nitrogens with zero attached hydrogens (tertiary/aromatic N) is 2. The van der Waals surface area contributed by atoms with Gasteiger partial charge in [-0.25, -0.2) is 4.98 Å². The van der Waals surface area contributed by atoms with E-state index in [4.69, 9.17) is 4.98 Å². The van der Waals surface area contributed by atoms with E-state index in [1.165, 1.54) is 5.57 Å². The Labute approximate surface area is 153 Å². The maximum Gasteiger partial charge on any atom is 0.261 e. The molecule has 0 fully saturated rings. The molecule has 0 saturated carbocycles. The highest BCUT2D eigenvalue weighted by molar-refractivity contribution is 7.85. The van der Waals surface area contributed by atoms with Gasteiger partial charge in [0, 0.05) is 30.8 Å². The molecule has 0 unspecified atom stereocenters. The van der Waals surface area contributed by atoms with Gasteiger partial charge in [-0.2, -0.15) is 0 Å². The summed E-state index contributed by atoms with van der Waals surface area (Å²) >= 11 is 0. The van der Waals surface area contributed by atoms with Crippen LogP contribution in [0.5, 0.6) is 0 Å². The van der Waals surface area contributed by atoms with Crippen LogP contribution < -0.4 is 5.57 Å². The van der Waals surface area contributed by atoms with Gasteiger partial charge in [0.25, 0.3) is 5.57 Å². The average Bonchev–Trinajstić information content (AvgIpc) is 2.69. The Morgan fingerprint density at radius 1 is 0.792 bits per heavy atom. The molecule has 1 heterocycles. The predicted molar refractivity (Wildman–Crippen MR) is 116 cm³/mol. The summed E-state index contributed by atoms with van der Waals surface area (Å²) in [6.45, 7) is 31.3. The van der Waals surface area contributed by atoms with Crippen LogP contribution in [-0.2, 0) is 0 Å². The van der Waals surface area contributed by atoms with E-state index in [0.29, 0.717) is 0 Å². The first-order valence-corrected chi connectivity index (χ1v) is 12.6. The van der Waals surface area contributed by atoms with Crippen molar-refractivity contribution in [3.63, 3.8) is 0 Å². The van der Waals surface area contributed by atoms with Crippen molar-refractivity contribution in [1.82, 2.24) is 9.32 Å². The van der Waals surface area contributed by atoms with Gasteiger partial charge in [-0.15, -0.1) is 0 Å². The highest BCUT2D eigenvalue weighted by Gasteiger charge is 2.59. The van der Waals surface area contributed by atoms with E-state index in [1.807, 2.05) is 6.20 Å². The number of hydrogen-bond acceptors (Lipinski definition) is 1. The van der Waals surface area contributed by atoms with Crippen LogP contribution in [0.3, 0.4) is 0 Å². The van der Waals surface area contributed by atoms with Crippen molar-refractivity contribution in [2.45, 2.75) is 104 Å². The van der Waals surface area contributed by atoms with Crippen molar-refractivity contribution >= 4 is 20.9 Å². The third-order valence-electron chi connectivity index (χ3n) is 5.17. The molecule has 0 aliphatic heterocycles. The molecule has 1 rings (SSSR count). The summed E-state index contributed by atoms with van der Waals surface area (Å²) in [5.74, 6) is 0. The van der Waals surface area contributed by atoms with Gasteiger partial charge in [-0.05, 0) is 41.5 Å². The van der Waals surface area contributed by atoms with Crippen LogP contribution in [0.4, 0.5) is 0 Å². The molecule has 0 N–H and O–H groups in total. The van der Waals surface area contributed by atoms with Crippen LogP contribution >= 0.6 is 15.3 Å². The summed E-state index contributed by atoms with van der Waals surface area (Å²) < 4.78 is 2.60. The zero-order chi connectivity index (χ0) is 19.4. The van der Waals surface area contributed by atoms with Crippen molar-refractivity contribution in [1.29, 1.82) is 0 Å². The maximum absolute atomic E-state index is 5.00. The molecule has 1 aromatic heterocycles. The maximum atomic E-state index is 5.00. The van der Waals surface area contributed by atoms with Gasteiger partial charge < -0.3 is 0 Å². The standard InChI is InChI=1S/C20H41N2P2/c1-17(2,3)23(18(4,5)6)22-15-14-21-16(22)24(13,19(7,8)9)20(10,11)12/h14-15H,1-13H3/q+1. The first-order chi connectivity index (χ1) is 10.3. The van der Waals surface area contributed by atoms with Crippen LogP contribution in [0.2, 0.25) is 0 Å². The molecule has 0 aromatic carbocycles. The second-order valence-electron chi connectivity index (χ2n) is 11.1. The van der Waals surface area contributed by atoms with E-state index < -0.39 is 15.3 Å². The third kappa shape index (κ3) is 3.91. The van der Waals surface area contributed by atoms with Gasteiger partial charge in [0.1, 0.15) is 0 Å². The Hall–Kier alpha value is 0.0700. The summed E-state index contributed by atoms with van der Waals surface area (Å²) in [7, 11) is -1.90. The van der Waals surface area contributed by atoms with Crippen molar-refractivity contribution in [2.75, 3.05) is 6.66 Å². The summed E-state index contributed by atoms with van der Waals surface area (Å²) in [4.78, 5) is 5.00. The van der Waals surface area contributed by atoms with Crippen molar-refractivity contribution in [3.05, 3.63) is 12.4 Å². The van der Waals surface area contributed by atoms with Gasteiger partial charge in [-0.3, -0.25) is 4.34 Å². The molecule has 0 spiro atoms. The number of rotatable bonds is 2. The van der Waals surface area contributed by atoms with Gasteiger partial charge in [-0.1, -0.05) is 41.5 Å². The molecule has 4 heteroatoms. The van der Waals surface area contributed by atoms with Gasteiger partial charge in [0.15, 0.2) is 0 Å². The minimum atomic E-state index is -1.50. The van der Waals surface area contributed by atoms with E-state index >= 15 is 0 Å². The quantitative estimate of drug-likeness (QED) is 0.536. The van der Waals surface area contributed by atoms with E-state index in [1.54, 1.807) is 0 Å². The summed E-state index contributed by atoms with van der Waals surface area (Å²) in [6.07, 6.45) is 4.30. The Kier molecular flexibility index (Phi) is 5.85. The zero-order valence-corrected chi connectivity index (χ0v) is 20.2. The molecule has 0 atom stereocenters. The van der Waals surface area contributed by atoms with Crippen LogP contribution in [0, 0.1) is 0 Å². The molecule has 0 bridgehead atoms. The molecule has 0 radical (unpaired) electrons. The minimum absolute atomic E-state index is 0.227. The molecule has 0 aliphatic carbocycles. The Morgan fingerprint density at radius 3 is 1.46 bits per heavy atom. The lowest BCUT2D eigenvalue weighted by Gasteiger charge is -2.47. The van der Waals surface area contributed by atoms with Gasteiger partial charge in [0.2, 0.25) is 0 Å². The predicted octanol–water partition coefficient (Wildman–Crippen LogP) is 6.59. The van der Waals surface area contributed by atoms with Crippen molar-refractivity contribution in [3.8, 4) is 0 Å². The average molecular weight is 372 g/mol. The Bertz CT molecular complexity index is 532.